The highest BCUT2D eigenvalue weighted by molar-refractivity contribution is 6.30. The van der Waals surface area contributed by atoms with Crippen molar-refractivity contribution in [3.63, 3.8) is 0 Å². The predicted octanol–water partition coefficient (Wildman–Crippen LogP) is 2.63. The monoisotopic (exact) mass is 476 g/mol. The summed E-state index contributed by atoms with van der Waals surface area (Å²) < 4.78 is 18.9. The van der Waals surface area contributed by atoms with E-state index in [4.69, 9.17) is 16.3 Å². The van der Waals surface area contributed by atoms with Gasteiger partial charge in [0.25, 0.3) is 11.8 Å². The molecule has 1 heterocycles. The van der Waals surface area contributed by atoms with Gasteiger partial charge in [-0.05, 0) is 58.1 Å². The van der Waals surface area contributed by atoms with E-state index in [2.05, 4.69) is 20.6 Å². The summed E-state index contributed by atoms with van der Waals surface area (Å²) in [4.78, 5) is 33.9. The number of aliphatic hydroxyl groups excluding tert-OH is 1. The van der Waals surface area contributed by atoms with Gasteiger partial charge in [-0.2, -0.15) is 0 Å². The Kier molecular flexibility index (Phi) is 6.28. The molecule has 10 heteroatoms. The third-order valence-electron chi connectivity index (χ3n) is 6.63. The summed E-state index contributed by atoms with van der Waals surface area (Å²) in [5.41, 5.74) is 0.227. The number of ether oxygens (including phenoxy) is 1. The summed E-state index contributed by atoms with van der Waals surface area (Å²) in [5.74, 6) is -1.16. The van der Waals surface area contributed by atoms with E-state index < -0.39 is 28.9 Å². The molecule has 3 fully saturated rings. The van der Waals surface area contributed by atoms with Crippen molar-refractivity contribution < 1.29 is 23.8 Å². The van der Waals surface area contributed by atoms with E-state index in [0.29, 0.717) is 37.8 Å². The molecule has 0 aliphatic heterocycles. The van der Waals surface area contributed by atoms with Gasteiger partial charge in [0.1, 0.15) is 17.3 Å². The predicted molar refractivity (Wildman–Crippen MR) is 119 cm³/mol. The minimum absolute atomic E-state index is 0.0293. The maximum absolute atomic E-state index is 13.5. The zero-order valence-corrected chi connectivity index (χ0v) is 19.2. The molecule has 2 aromatic rings. The Morgan fingerprint density at radius 3 is 2.61 bits per heavy atom. The van der Waals surface area contributed by atoms with Crippen LogP contribution in [0.1, 0.15) is 54.0 Å². The molecule has 3 saturated carbocycles. The molecular formula is C23H26ClFN4O4. The number of nitrogens with zero attached hydrogens (tertiary/aromatic N) is 2. The number of hydrogen-bond donors (Lipinski definition) is 3. The van der Waals surface area contributed by atoms with Crippen molar-refractivity contribution in [3.8, 4) is 5.75 Å². The largest absolute Gasteiger partial charge is 0.484 e. The molecule has 33 heavy (non-hydrogen) atoms. The van der Waals surface area contributed by atoms with Crippen molar-refractivity contribution in [2.45, 2.75) is 63.1 Å². The van der Waals surface area contributed by atoms with Gasteiger partial charge in [0.15, 0.2) is 6.61 Å². The minimum Gasteiger partial charge on any atom is -0.484 e. The van der Waals surface area contributed by atoms with Gasteiger partial charge in [-0.25, -0.2) is 9.37 Å². The first-order valence-electron chi connectivity index (χ1n) is 10.8. The van der Waals surface area contributed by atoms with Crippen LogP contribution in [0.25, 0.3) is 0 Å². The van der Waals surface area contributed by atoms with Gasteiger partial charge in [0.05, 0.1) is 28.1 Å². The second-order valence-corrected chi connectivity index (χ2v) is 9.38. The molecule has 3 N–H and O–H groups in total. The first kappa shape index (κ1) is 23.4. The Hall–Kier alpha value is -2.78. The van der Waals surface area contributed by atoms with Crippen molar-refractivity contribution in [2.24, 2.45) is 0 Å². The standard InChI is InChI=1S/C23H26ClFN4O4/c1-13-11-26-20(14(2)27-13)21(32)29-22-5-7-23(8-6-22,18(30)10-22)28-19(31)12-33-15-3-4-16(24)17(25)9-15/h3-4,9,11,18,30H,5-8,10,12H2,1-2H3,(H,28,31)(H,29,32)/t18-,22?,23?/m0/s1. The highest BCUT2D eigenvalue weighted by Crippen LogP contribution is 2.47. The maximum Gasteiger partial charge on any atom is 0.272 e. The molecule has 2 amide bonds. The average molecular weight is 477 g/mol. The van der Waals surface area contributed by atoms with E-state index in [0.717, 1.165) is 11.8 Å². The summed E-state index contributed by atoms with van der Waals surface area (Å²) in [5, 5.41) is 16.8. The summed E-state index contributed by atoms with van der Waals surface area (Å²) in [6.07, 6.45) is 3.28. The van der Waals surface area contributed by atoms with Crippen LogP contribution in [0, 0.1) is 19.7 Å². The van der Waals surface area contributed by atoms with Gasteiger partial charge in [0, 0.05) is 17.8 Å². The van der Waals surface area contributed by atoms with Crippen molar-refractivity contribution in [1.29, 1.82) is 0 Å². The van der Waals surface area contributed by atoms with Crippen LogP contribution in [0.3, 0.4) is 0 Å². The number of aryl methyl sites for hydroxylation is 2. The number of hydrogen-bond acceptors (Lipinski definition) is 6. The second kappa shape index (κ2) is 8.87. The van der Waals surface area contributed by atoms with Crippen molar-refractivity contribution in [3.05, 3.63) is 52.3 Å². The van der Waals surface area contributed by atoms with Crippen LogP contribution in [0.15, 0.2) is 24.4 Å². The van der Waals surface area contributed by atoms with Crippen LogP contribution in [0.2, 0.25) is 5.02 Å². The van der Waals surface area contributed by atoms with Gasteiger partial charge in [0.2, 0.25) is 0 Å². The fraction of sp³-hybridized carbons (Fsp3) is 0.478. The zero-order chi connectivity index (χ0) is 23.8. The van der Waals surface area contributed by atoms with E-state index in [9.17, 15) is 19.1 Å². The smallest absolute Gasteiger partial charge is 0.272 e. The van der Waals surface area contributed by atoms with Crippen LogP contribution in [0.4, 0.5) is 4.39 Å². The molecule has 1 atom stereocenters. The molecule has 8 nitrogen and oxygen atoms in total. The van der Waals surface area contributed by atoms with E-state index in [1.54, 1.807) is 13.1 Å². The second-order valence-electron chi connectivity index (χ2n) is 8.97. The van der Waals surface area contributed by atoms with E-state index >= 15 is 0 Å². The van der Waals surface area contributed by atoms with E-state index in [1.807, 2.05) is 6.92 Å². The molecule has 1 aromatic carbocycles. The number of carbonyl (C=O) groups is 2. The summed E-state index contributed by atoms with van der Waals surface area (Å²) in [6, 6.07) is 3.94. The Morgan fingerprint density at radius 2 is 1.97 bits per heavy atom. The molecule has 3 aliphatic carbocycles. The molecule has 2 bridgehead atoms. The first-order chi connectivity index (χ1) is 15.6. The maximum atomic E-state index is 13.5. The molecule has 1 aromatic heterocycles. The highest BCUT2D eigenvalue weighted by Gasteiger charge is 2.55. The number of amides is 2. The number of fused-ring (bicyclic) bond motifs is 3. The number of rotatable bonds is 6. The van der Waals surface area contributed by atoms with Crippen LogP contribution < -0.4 is 15.4 Å². The summed E-state index contributed by atoms with van der Waals surface area (Å²) in [6.45, 7) is 3.23. The van der Waals surface area contributed by atoms with E-state index in [-0.39, 0.29) is 29.0 Å². The lowest BCUT2D eigenvalue weighted by Gasteiger charge is -2.56. The molecule has 0 saturated heterocycles. The topological polar surface area (TPSA) is 113 Å². The van der Waals surface area contributed by atoms with Gasteiger partial charge >= 0.3 is 0 Å². The van der Waals surface area contributed by atoms with Gasteiger partial charge in [-0.3, -0.25) is 14.6 Å². The number of aliphatic hydroxyl groups is 1. The average Bonchev–Trinajstić information content (AvgIpc) is 2.75. The first-order valence-corrected chi connectivity index (χ1v) is 11.2. The Morgan fingerprint density at radius 1 is 1.24 bits per heavy atom. The molecule has 3 aliphatic rings. The fourth-order valence-electron chi connectivity index (χ4n) is 4.81. The highest BCUT2D eigenvalue weighted by atomic mass is 35.5. The molecule has 5 rings (SSSR count). The lowest BCUT2D eigenvalue weighted by atomic mass is 9.60. The number of carbonyl (C=O) groups excluding carboxylic acids is 2. The fourth-order valence-corrected chi connectivity index (χ4v) is 4.93. The van der Waals surface area contributed by atoms with Crippen LogP contribution >= 0.6 is 11.6 Å². The Balaban J connectivity index is 1.36. The number of aromatic nitrogens is 2. The zero-order valence-electron chi connectivity index (χ0n) is 18.5. The van der Waals surface area contributed by atoms with Crippen molar-refractivity contribution in [1.82, 2.24) is 20.6 Å². The minimum atomic E-state index is -0.831. The number of benzene rings is 1. The lowest BCUT2D eigenvalue weighted by Crippen LogP contribution is -2.70. The molecule has 0 unspecified atom stereocenters. The number of nitrogens with one attached hydrogen (secondary N) is 2. The molecule has 0 radical (unpaired) electrons. The number of halogens is 2. The molecule has 0 spiro atoms. The summed E-state index contributed by atoms with van der Waals surface area (Å²) in [7, 11) is 0. The normalized spacial score (nSPS) is 26.0. The van der Waals surface area contributed by atoms with Crippen LogP contribution in [0.5, 0.6) is 5.75 Å². The Bertz CT molecular complexity index is 1090. The third-order valence-corrected chi connectivity index (χ3v) is 6.94. The van der Waals surface area contributed by atoms with Gasteiger partial charge < -0.3 is 20.5 Å². The summed E-state index contributed by atoms with van der Waals surface area (Å²) >= 11 is 5.65. The van der Waals surface area contributed by atoms with Crippen LogP contribution in [-0.4, -0.2) is 50.7 Å². The Labute approximate surface area is 195 Å². The molecule has 176 valence electrons. The third kappa shape index (κ3) is 4.79. The van der Waals surface area contributed by atoms with Crippen LogP contribution in [-0.2, 0) is 4.79 Å². The van der Waals surface area contributed by atoms with Crippen molar-refractivity contribution in [2.75, 3.05) is 6.61 Å². The lowest BCUT2D eigenvalue weighted by molar-refractivity contribution is -0.132. The molecular weight excluding hydrogens is 451 g/mol. The SMILES string of the molecule is Cc1cnc(C(=O)NC23CCC(NC(=O)COc4ccc(Cl)c(F)c4)(CC2)[C@@H](O)C3)c(C)n1. The quantitative estimate of drug-likeness (QED) is 0.590. The van der Waals surface area contributed by atoms with Gasteiger partial charge in [-0.1, -0.05) is 11.6 Å². The van der Waals surface area contributed by atoms with E-state index in [1.165, 1.54) is 12.1 Å². The van der Waals surface area contributed by atoms with Gasteiger partial charge in [-0.15, -0.1) is 0 Å². The van der Waals surface area contributed by atoms with Crippen molar-refractivity contribution >= 4 is 23.4 Å².